The summed E-state index contributed by atoms with van der Waals surface area (Å²) in [5.74, 6) is 0.768. The Morgan fingerprint density at radius 1 is 1.30 bits per heavy atom. The predicted octanol–water partition coefficient (Wildman–Crippen LogP) is 4.17. The average Bonchev–Trinajstić information content (AvgIpc) is 3.21. The van der Waals surface area contributed by atoms with Crippen molar-refractivity contribution in [2.75, 3.05) is 13.2 Å². The zero-order chi connectivity index (χ0) is 19.2. The zero-order valence-corrected chi connectivity index (χ0v) is 17.0. The third-order valence-corrected chi connectivity index (χ3v) is 5.84. The fraction of sp³-hybridized carbons (Fsp3) is 0.550. The molecular formula is C20H27N3O3S. The summed E-state index contributed by atoms with van der Waals surface area (Å²) >= 11 is 1.42. The predicted molar refractivity (Wildman–Crippen MR) is 107 cm³/mol. The Kier molecular flexibility index (Phi) is 6.79. The number of carbonyl (C=O) groups is 1. The second-order valence-electron chi connectivity index (χ2n) is 6.86. The number of carbonyl (C=O) groups excluding carboxylic acids is 1. The van der Waals surface area contributed by atoms with Crippen molar-refractivity contribution in [2.45, 2.75) is 58.9 Å². The molecule has 2 aromatic heterocycles. The summed E-state index contributed by atoms with van der Waals surface area (Å²) in [6.45, 7) is 7.37. The van der Waals surface area contributed by atoms with Crippen molar-refractivity contribution in [3.8, 4) is 0 Å². The van der Waals surface area contributed by atoms with Gasteiger partial charge in [-0.15, -0.1) is 11.3 Å². The van der Waals surface area contributed by atoms with Crippen LogP contribution in [0.4, 0.5) is 0 Å². The summed E-state index contributed by atoms with van der Waals surface area (Å²) < 4.78 is 10.7. The van der Waals surface area contributed by atoms with E-state index >= 15 is 0 Å². The van der Waals surface area contributed by atoms with Gasteiger partial charge in [0.05, 0.1) is 11.4 Å². The highest BCUT2D eigenvalue weighted by atomic mass is 32.1. The molecule has 2 aromatic rings. The first-order valence-electron chi connectivity index (χ1n) is 9.57. The Labute approximate surface area is 164 Å². The molecule has 0 aromatic carbocycles. The molecule has 6 nitrogen and oxygen atoms in total. The number of aromatic nitrogens is 2. The van der Waals surface area contributed by atoms with E-state index in [9.17, 15) is 4.79 Å². The molecule has 146 valence electrons. The van der Waals surface area contributed by atoms with E-state index in [-0.39, 0.29) is 11.9 Å². The summed E-state index contributed by atoms with van der Waals surface area (Å²) in [7, 11) is 0. The number of rotatable bonds is 7. The van der Waals surface area contributed by atoms with Gasteiger partial charge in [0, 0.05) is 24.8 Å². The number of aryl methyl sites for hydroxylation is 3. The number of hydrogen-bond donors (Lipinski definition) is 1. The normalized spacial score (nSPS) is 15.5. The van der Waals surface area contributed by atoms with E-state index in [0.717, 1.165) is 59.8 Å². The van der Waals surface area contributed by atoms with Gasteiger partial charge in [0.25, 0.3) is 5.91 Å². The summed E-state index contributed by atoms with van der Waals surface area (Å²) in [5.41, 5.74) is 2.76. The number of amides is 1. The van der Waals surface area contributed by atoms with Gasteiger partial charge in [-0.2, -0.15) is 0 Å². The highest BCUT2D eigenvalue weighted by Crippen LogP contribution is 2.23. The van der Waals surface area contributed by atoms with E-state index in [2.05, 4.69) is 22.4 Å². The van der Waals surface area contributed by atoms with Crippen LogP contribution in [-0.4, -0.2) is 35.3 Å². The van der Waals surface area contributed by atoms with Crippen LogP contribution in [0.1, 0.15) is 70.0 Å². The maximum absolute atomic E-state index is 12.6. The molecule has 0 atom stereocenters. The van der Waals surface area contributed by atoms with E-state index in [4.69, 9.17) is 9.26 Å². The van der Waals surface area contributed by atoms with Crippen molar-refractivity contribution in [2.24, 2.45) is 0 Å². The van der Waals surface area contributed by atoms with Crippen LogP contribution < -0.4 is 5.32 Å². The number of nitrogens with zero attached hydrogens (tertiary/aromatic N) is 2. The highest BCUT2D eigenvalue weighted by molar-refractivity contribution is 7.14. The summed E-state index contributed by atoms with van der Waals surface area (Å²) in [5, 5.41) is 8.08. The molecule has 1 aliphatic heterocycles. The second-order valence-corrected chi connectivity index (χ2v) is 7.89. The summed E-state index contributed by atoms with van der Waals surface area (Å²) in [6.07, 6.45) is 8.77. The molecule has 3 heterocycles. The Morgan fingerprint density at radius 2 is 2.07 bits per heavy atom. The van der Waals surface area contributed by atoms with Crippen molar-refractivity contribution in [1.82, 2.24) is 15.5 Å². The molecular weight excluding hydrogens is 362 g/mol. The first kappa shape index (κ1) is 19.8. The molecule has 0 saturated carbocycles. The quantitative estimate of drug-likeness (QED) is 0.769. The fourth-order valence-corrected chi connectivity index (χ4v) is 3.98. The number of thiazole rings is 1. The molecule has 1 fully saturated rings. The minimum absolute atomic E-state index is 0.0404. The first-order valence-corrected chi connectivity index (χ1v) is 10.4. The first-order chi connectivity index (χ1) is 13.1. The second kappa shape index (κ2) is 9.28. The monoisotopic (exact) mass is 389 g/mol. The van der Waals surface area contributed by atoms with Gasteiger partial charge in [-0.3, -0.25) is 4.79 Å². The van der Waals surface area contributed by atoms with Gasteiger partial charge >= 0.3 is 0 Å². The molecule has 0 aliphatic carbocycles. The molecule has 3 rings (SSSR count). The topological polar surface area (TPSA) is 77.2 Å². The average molecular weight is 390 g/mol. The summed E-state index contributed by atoms with van der Waals surface area (Å²) in [4.78, 5) is 17.8. The molecule has 0 spiro atoms. The highest BCUT2D eigenvalue weighted by Gasteiger charge is 2.20. The van der Waals surface area contributed by atoms with Crippen LogP contribution in [0.5, 0.6) is 0 Å². The van der Waals surface area contributed by atoms with Crippen LogP contribution in [0.3, 0.4) is 0 Å². The molecule has 0 radical (unpaired) electrons. The van der Waals surface area contributed by atoms with E-state index in [1.54, 1.807) is 0 Å². The molecule has 27 heavy (non-hydrogen) atoms. The van der Waals surface area contributed by atoms with Gasteiger partial charge < -0.3 is 14.6 Å². The van der Waals surface area contributed by atoms with Crippen LogP contribution in [0.15, 0.2) is 4.52 Å². The van der Waals surface area contributed by atoms with Crippen molar-refractivity contribution in [3.63, 3.8) is 0 Å². The molecule has 7 heteroatoms. The lowest BCUT2D eigenvalue weighted by atomic mass is 10.1. The third-order valence-electron chi connectivity index (χ3n) is 4.72. The minimum atomic E-state index is -0.0404. The minimum Gasteiger partial charge on any atom is -0.381 e. The summed E-state index contributed by atoms with van der Waals surface area (Å²) in [6, 6.07) is 0.188. The van der Waals surface area contributed by atoms with E-state index < -0.39 is 0 Å². The van der Waals surface area contributed by atoms with Crippen molar-refractivity contribution in [1.29, 1.82) is 0 Å². The Morgan fingerprint density at radius 3 is 2.81 bits per heavy atom. The molecule has 1 N–H and O–H groups in total. The van der Waals surface area contributed by atoms with Gasteiger partial charge in [0.2, 0.25) is 0 Å². The molecule has 0 bridgehead atoms. The van der Waals surface area contributed by atoms with E-state index in [1.807, 2.05) is 26.0 Å². The van der Waals surface area contributed by atoms with Crippen LogP contribution in [-0.2, 0) is 11.2 Å². The van der Waals surface area contributed by atoms with Crippen LogP contribution in [0.2, 0.25) is 0 Å². The van der Waals surface area contributed by atoms with Crippen molar-refractivity contribution < 1.29 is 14.1 Å². The zero-order valence-electron chi connectivity index (χ0n) is 16.2. The Balaban J connectivity index is 1.70. The molecule has 1 aliphatic rings. The van der Waals surface area contributed by atoms with Crippen LogP contribution in [0.25, 0.3) is 12.2 Å². The van der Waals surface area contributed by atoms with Crippen LogP contribution in [0, 0.1) is 13.8 Å². The Hall–Kier alpha value is -1.99. The standard InChI is InChI=1S/C20H27N3O3S/c1-4-5-6-17-16(14(3)26-23-17)7-8-18-21-13(2)19(27-18)20(24)22-15-9-11-25-12-10-15/h7-8,15H,4-6,9-12H2,1-3H3,(H,22,24)/b8-7+. The van der Waals surface area contributed by atoms with Crippen LogP contribution >= 0.6 is 11.3 Å². The molecule has 1 amide bonds. The van der Waals surface area contributed by atoms with E-state index in [1.165, 1.54) is 11.3 Å². The number of nitrogens with one attached hydrogen (secondary N) is 1. The van der Waals surface area contributed by atoms with Crippen molar-refractivity contribution in [3.05, 3.63) is 32.6 Å². The number of unbranched alkanes of at least 4 members (excludes halogenated alkanes) is 1. The van der Waals surface area contributed by atoms with Gasteiger partial charge in [0.1, 0.15) is 15.6 Å². The molecule has 1 saturated heterocycles. The van der Waals surface area contributed by atoms with Gasteiger partial charge in [-0.1, -0.05) is 18.5 Å². The lowest BCUT2D eigenvalue weighted by Crippen LogP contribution is -2.38. The van der Waals surface area contributed by atoms with E-state index in [0.29, 0.717) is 18.1 Å². The van der Waals surface area contributed by atoms with Crippen molar-refractivity contribution >= 4 is 29.4 Å². The largest absolute Gasteiger partial charge is 0.381 e. The molecule has 0 unspecified atom stereocenters. The number of ether oxygens (including phenoxy) is 1. The maximum atomic E-state index is 12.6. The van der Waals surface area contributed by atoms with Gasteiger partial charge in [0.15, 0.2) is 0 Å². The SMILES string of the molecule is CCCCc1noc(C)c1/C=C/c1nc(C)c(C(=O)NC2CCOCC2)s1. The maximum Gasteiger partial charge on any atom is 0.263 e. The lowest BCUT2D eigenvalue weighted by molar-refractivity contribution is 0.0698. The Bertz CT molecular complexity index is 803. The third kappa shape index (κ3) is 5.05. The number of hydrogen-bond acceptors (Lipinski definition) is 6. The fourth-order valence-electron chi connectivity index (χ4n) is 3.11. The lowest BCUT2D eigenvalue weighted by Gasteiger charge is -2.22. The van der Waals surface area contributed by atoms with Gasteiger partial charge in [-0.05, 0) is 51.7 Å². The smallest absolute Gasteiger partial charge is 0.263 e. The van der Waals surface area contributed by atoms with Gasteiger partial charge in [-0.25, -0.2) is 4.98 Å².